The van der Waals surface area contributed by atoms with Gasteiger partial charge in [0.15, 0.2) is 6.61 Å². The smallest absolute Gasteiger partial charge is 0.422 e. The van der Waals surface area contributed by atoms with Gasteiger partial charge < -0.3 is 36.1 Å². The SMILES string of the molecule is COC(=O)[C@H](CCNC(=O)C(=O)NCC1CC1(Cl)Cl)NC(=O)c1ccc(Nc2nc(NC3(c4ccc(Cl)cc4)CC3)nc(OCC(F)(F)F)n2)cc1. The molecule has 2 aromatic carbocycles. The first-order chi connectivity index (χ1) is 24.6. The Balaban J connectivity index is 1.19. The monoisotopic (exact) mass is 786 g/mol. The van der Waals surface area contributed by atoms with Crippen molar-refractivity contribution in [2.24, 2.45) is 5.92 Å². The molecule has 0 bridgehead atoms. The summed E-state index contributed by atoms with van der Waals surface area (Å²) in [5.41, 5.74) is 0.814. The number of nitrogens with zero attached hydrogens (tertiary/aromatic N) is 3. The second kappa shape index (κ2) is 16.0. The number of alkyl halides is 5. The lowest BCUT2D eigenvalue weighted by Gasteiger charge is -2.19. The zero-order chi connectivity index (χ0) is 37.7. The van der Waals surface area contributed by atoms with Gasteiger partial charge in [0, 0.05) is 35.3 Å². The molecule has 1 heterocycles. The molecule has 3 aromatic rings. The van der Waals surface area contributed by atoms with Crippen LogP contribution >= 0.6 is 34.8 Å². The maximum Gasteiger partial charge on any atom is 0.422 e. The summed E-state index contributed by atoms with van der Waals surface area (Å²) in [6, 6.07) is 11.1. The summed E-state index contributed by atoms with van der Waals surface area (Å²) in [5.74, 6) is -3.62. The van der Waals surface area contributed by atoms with Gasteiger partial charge in [-0.15, -0.1) is 23.2 Å². The average molecular weight is 788 g/mol. The van der Waals surface area contributed by atoms with Crippen molar-refractivity contribution in [2.45, 2.75) is 47.8 Å². The largest absolute Gasteiger partial charge is 0.467 e. The second-order valence-electron chi connectivity index (χ2n) is 12.1. The second-order valence-corrected chi connectivity index (χ2v) is 14.0. The highest BCUT2D eigenvalue weighted by molar-refractivity contribution is 6.51. The molecule has 2 saturated carbocycles. The molecule has 0 spiro atoms. The molecule has 3 amide bonds. The van der Waals surface area contributed by atoms with Crippen molar-refractivity contribution in [1.82, 2.24) is 30.9 Å². The van der Waals surface area contributed by atoms with Crippen molar-refractivity contribution in [2.75, 3.05) is 37.4 Å². The molecule has 2 fully saturated rings. The van der Waals surface area contributed by atoms with E-state index in [1.807, 2.05) is 12.1 Å². The molecule has 52 heavy (non-hydrogen) atoms. The molecule has 0 saturated heterocycles. The van der Waals surface area contributed by atoms with Gasteiger partial charge in [-0.1, -0.05) is 23.7 Å². The van der Waals surface area contributed by atoms with Crippen LogP contribution in [0, 0.1) is 5.92 Å². The van der Waals surface area contributed by atoms with Crippen LogP contribution in [0.3, 0.4) is 0 Å². The number of nitrogens with one attached hydrogen (secondary N) is 5. The van der Waals surface area contributed by atoms with Gasteiger partial charge in [-0.05, 0) is 67.6 Å². The van der Waals surface area contributed by atoms with Crippen LogP contribution in [-0.2, 0) is 24.7 Å². The van der Waals surface area contributed by atoms with E-state index in [-0.39, 0.29) is 42.9 Å². The summed E-state index contributed by atoms with van der Waals surface area (Å²) < 4.78 is 47.5. The average Bonchev–Trinajstić information content (AvgIpc) is 4.01. The lowest BCUT2D eigenvalue weighted by atomic mass is 10.1. The van der Waals surface area contributed by atoms with Gasteiger partial charge in [-0.3, -0.25) is 14.4 Å². The number of amides is 3. The van der Waals surface area contributed by atoms with Crippen molar-refractivity contribution < 1.29 is 41.8 Å². The molecule has 5 rings (SSSR count). The van der Waals surface area contributed by atoms with Gasteiger partial charge >= 0.3 is 30.0 Å². The Kier molecular flexibility index (Phi) is 11.9. The highest BCUT2D eigenvalue weighted by Gasteiger charge is 2.51. The Morgan fingerprint density at radius 3 is 2.17 bits per heavy atom. The third kappa shape index (κ3) is 10.7. The van der Waals surface area contributed by atoms with Crippen LogP contribution in [0.25, 0.3) is 0 Å². The molecule has 1 aromatic heterocycles. The van der Waals surface area contributed by atoms with Crippen LogP contribution in [0.5, 0.6) is 6.01 Å². The molecule has 14 nitrogen and oxygen atoms in total. The number of anilines is 3. The van der Waals surface area contributed by atoms with Crippen LogP contribution in [0.15, 0.2) is 48.5 Å². The highest BCUT2D eigenvalue weighted by Crippen LogP contribution is 2.52. The third-order valence-corrected chi connectivity index (χ3v) is 9.24. The summed E-state index contributed by atoms with van der Waals surface area (Å²) in [7, 11) is 1.13. The molecule has 2 aliphatic carbocycles. The zero-order valence-electron chi connectivity index (χ0n) is 27.3. The van der Waals surface area contributed by atoms with Gasteiger partial charge in [-0.25, -0.2) is 4.79 Å². The Hall–Kier alpha value is -4.61. The van der Waals surface area contributed by atoms with Crippen molar-refractivity contribution in [1.29, 1.82) is 0 Å². The molecular weight excluding hydrogens is 756 g/mol. The van der Waals surface area contributed by atoms with E-state index in [9.17, 15) is 32.3 Å². The molecule has 1 unspecified atom stereocenters. The summed E-state index contributed by atoms with van der Waals surface area (Å²) in [6.07, 6.45) is -2.82. The lowest BCUT2D eigenvalue weighted by molar-refractivity contribution is -0.154. The van der Waals surface area contributed by atoms with Gasteiger partial charge in [0.25, 0.3) is 5.91 Å². The summed E-state index contributed by atoms with van der Waals surface area (Å²) in [6.45, 7) is -1.64. The minimum absolute atomic E-state index is 0.0317. The molecule has 2 aliphatic rings. The standard InChI is InChI=1S/C32H32Cl3F3N8O6/c1-51-26(50)22(10-13-39-24(48)25(49)40-15-19-14-31(19,34)35)42-23(47)17-2-8-21(9-3-17)41-27-43-28(45-29(44-27)52-16-32(36,37)38)46-30(11-12-30)18-4-6-20(33)7-5-18/h2-9,19,22H,10-16H2,1H3,(H,39,48)(H,40,49)(H,42,47)(H2,41,43,44,45,46)/t19?,22-/m0/s1. The third-order valence-electron chi connectivity index (χ3n) is 8.06. The number of halogens is 6. The van der Waals surface area contributed by atoms with Crippen molar-refractivity contribution in [3.8, 4) is 6.01 Å². The quantitative estimate of drug-likeness (QED) is 0.0836. The summed E-state index contributed by atoms with van der Waals surface area (Å²) >= 11 is 17.9. The predicted molar refractivity (Wildman–Crippen MR) is 184 cm³/mol. The number of esters is 1. The minimum Gasteiger partial charge on any atom is -0.467 e. The normalized spacial score (nSPS) is 17.2. The molecule has 20 heteroatoms. The Morgan fingerprint density at radius 1 is 0.942 bits per heavy atom. The maximum atomic E-state index is 13.0. The van der Waals surface area contributed by atoms with Gasteiger partial charge in [0.1, 0.15) is 10.4 Å². The number of carbonyl (C=O) groups is 4. The van der Waals surface area contributed by atoms with E-state index in [2.05, 4.69) is 41.5 Å². The van der Waals surface area contributed by atoms with Crippen LogP contribution in [0.4, 0.5) is 30.8 Å². The topological polar surface area (TPSA) is 186 Å². The first kappa shape index (κ1) is 38.6. The Labute approximate surface area is 309 Å². The van der Waals surface area contributed by atoms with E-state index in [0.29, 0.717) is 30.0 Å². The van der Waals surface area contributed by atoms with E-state index in [4.69, 9.17) is 44.3 Å². The van der Waals surface area contributed by atoms with Gasteiger partial charge in [0.05, 0.1) is 12.6 Å². The maximum absolute atomic E-state index is 13.0. The Morgan fingerprint density at radius 2 is 1.58 bits per heavy atom. The predicted octanol–water partition coefficient (Wildman–Crippen LogP) is 4.40. The number of ether oxygens (including phenoxy) is 2. The van der Waals surface area contributed by atoms with Crippen molar-refractivity contribution >= 4 is 76.1 Å². The van der Waals surface area contributed by atoms with Crippen LogP contribution in [-0.4, -0.2) is 82.0 Å². The fourth-order valence-corrected chi connectivity index (χ4v) is 5.59. The molecule has 278 valence electrons. The van der Waals surface area contributed by atoms with E-state index < -0.39 is 58.4 Å². The molecule has 2 atom stereocenters. The number of methoxy groups -OCH3 is 1. The molecule has 0 aliphatic heterocycles. The van der Waals surface area contributed by atoms with Crippen LogP contribution < -0.4 is 31.3 Å². The van der Waals surface area contributed by atoms with Gasteiger partial charge in [0.2, 0.25) is 11.9 Å². The zero-order valence-corrected chi connectivity index (χ0v) is 29.5. The Bertz CT molecular complexity index is 1800. The summed E-state index contributed by atoms with van der Waals surface area (Å²) in [5, 5.41) is 13.9. The van der Waals surface area contributed by atoms with E-state index in [1.165, 1.54) is 24.3 Å². The van der Waals surface area contributed by atoms with Gasteiger partial charge in [-0.2, -0.15) is 28.1 Å². The first-order valence-corrected chi connectivity index (χ1v) is 16.9. The molecule has 0 radical (unpaired) electrons. The van der Waals surface area contributed by atoms with E-state index in [0.717, 1.165) is 12.7 Å². The van der Waals surface area contributed by atoms with E-state index >= 15 is 0 Å². The lowest BCUT2D eigenvalue weighted by Crippen LogP contribution is -2.46. The summed E-state index contributed by atoms with van der Waals surface area (Å²) in [4.78, 5) is 61.9. The van der Waals surface area contributed by atoms with Crippen LogP contribution in [0.1, 0.15) is 41.6 Å². The fraction of sp³-hybridized carbons (Fsp3) is 0.406. The van der Waals surface area contributed by atoms with E-state index in [1.54, 1.807) is 12.1 Å². The van der Waals surface area contributed by atoms with Crippen molar-refractivity contribution in [3.05, 3.63) is 64.7 Å². The minimum atomic E-state index is -4.64. The number of aromatic nitrogens is 3. The number of carbonyl (C=O) groups excluding carboxylic acids is 4. The number of benzene rings is 2. The molecule has 5 N–H and O–H groups in total. The fourth-order valence-electron chi connectivity index (χ4n) is 4.94. The number of hydrogen-bond donors (Lipinski definition) is 5. The van der Waals surface area contributed by atoms with Crippen LogP contribution in [0.2, 0.25) is 5.02 Å². The molecular formula is C32H32Cl3F3N8O6. The number of hydrogen-bond acceptors (Lipinski definition) is 11. The number of rotatable bonds is 15. The first-order valence-electron chi connectivity index (χ1n) is 15.8. The highest BCUT2D eigenvalue weighted by atomic mass is 35.5. The van der Waals surface area contributed by atoms with Crippen molar-refractivity contribution in [3.63, 3.8) is 0 Å².